The van der Waals surface area contributed by atoms with Gasteiger partial charge in [-0.3, -0.25) is 4.79 Å². The van der Waals surface area contributed by atoms with Gasteiger partial charge < -0.3 is 39.4 Å². The molecule has 0 spiro atoms. The molecule has 0 aliphatic carbocycles. The van der Waals surface area contributed by atoms with Crippen LogP contribution in [0.15, 0.2) is 72.9 Å². The molecule has 0 amide bonds. The van der Waals surface area contributed by atoms with Crippen LogP contribution < -0.4 is 0 Å². The largest absolute Gasteiger partial charge is 0.457 e. The van der Waals surface area contributed by atoms with Gasteiger partial charge in [0.15, 0.2) is 6.29 Å². The fourth-order valence-corrected chi connectivity index (χ4v) is 8.14. The van der Waals surface area contributed by atoms with Crippen LogP contribution in [0, 0.1) is 0 Å². The topological polar surface area (TPSA) is 135 Å². The molecule has 6 unspecified atom stereocenters. The smallest absolute Gasteiger partial charge is 0.306 e. The van der Waals surface area contributed by atoms with E-state index in [9.17, 15) is 25.2 Å². The first-order valence-electron chi connectivity index (χ1n) is 27.5. The van der Waals surface area contributed by atoms with E-state index in [1.54, 1.807) is 0 Å². The highest BCUT2D eigenvalue weighted by Crippen LogP contribution is 2.23. The molecule has 0 saturated carbocycles. The Kier molecular flexibility index (Phi) is 45.5. The van der Waals surface area contributed by atoms with E-state index in [2.05, 4.69) is 86.8 Å². The first-order valence-corrected chi connectivity index (χ1v) is 27.5. The van der Waals surface area contributed by atoms with Crippen LogP contribution in [0.2, 0.25) is 0 Å². The molecule has 1 heterocycles. The molecule has 0 bridgehead atoms. The predicted octanol–water partition coefficient (Wildman–Crippen LogP) is 14.0. The molecule has 0 aromatic rings. The second kappa shape index (κ2) is 48.6. The molecule has 1 saturated heterocycles. The summed E-state index contributed by atoms with van der Waals surface area (Å²) < 4.78 is 22.9. The zero-order chi connectivity index (χ0) is 48.5. The number of hydrogen-bond donors (Lipinski definition) is 4. The Bertz CT molecular complexity index is 1260. The summed E-state index contributed by atoms with van der Waals surface area (Å²) in [6.45, 7) is 4.39. The molecule has 1 fully saturated rings. The molecule has 1 aliphatic heterocycles. The lowest BCUT2D eigenvalue weighted by Gasteiger charge is -2.39. The van der Waals surface area contributed by atoms with Gasteiger partial charge >= 0.3 is 5.97 Å². The van der Waals surface area contributed by atoms with Gasteiger partial charge in [-0.05, 0) is 64.2 Å². The molecule has 6 atom stereocenters. The molecular weight excluding hydrogens is 841 g/mol. The third-order valence-corrected chi connectivity index (χ3v) is 12.4. The molecule has 4 N–H and O–H groups in total. The molecule has 67 heavy (non-hydrogen) atoms. The quantitative estimate of drug-likeness (QED) is 0.0267. The van der Waals surface area contributed by atoms with Gasteiger partial charge in [0.05, 0.1) is 19.8 Å². The van der Waals surface area contributed by atoms with E-state index in [0.717, 1.165) is 83.5 Å². The standard InChI is InChI=1S/C58H102O9/c1-3-5-7-9-11-13-15-17-19-21-23-25-27-29-31-33-35-37-39-41-43-45-47-54(60)66-52(51-65-58-57(63)56(62)55(61)53(49-59)67-58)50-64-48-46-44-42-40-38-36-34-32-30-28-26-24-22-20-18-16-14-12-10-8-6-4-2/h6,8,12,14,18,20,24,26,30,32,36,38,52-53,55-59,61-63H,3-5,7,9-11,13,15-17,19,21-23,25,27-29,31,33-35,37,39-51H2,1-2H3/b8-6-,14-12-,20-18-,26-24-,32-30-,38-36-. The maximum atomic E-state index is 12.9. The minimum Gasteiger partial charge on any atom is -0.457 e. The van der Waals surface area contributed by atoms with Gasteiger partial charge in [0.25, 0.3) is 0 Å². The minimum atomic E-state index is -1.55. The number of unbranched alkanes of at least 4 members (excludes halogenated alkanes) is 24. The van der Waals surface area contributed by atoms with Crippen molar-refractivity contribution in [2.45, 2.75) is 263 Å². The normalized spacial score (nSPS) is 19.8. The van der Waals surface area contributed by atoms with Crippen molar-refractivity contribution < 1.29 is 44.2 Å². The molecule has 0 aromatic heterocycles. The fourth-order valence-electron chi connectivity index (χ4n) is 8.14. The molecule has 0 radical (unpaired) electrons. The van der Waals surface area contributed by atoms with Crippen LogP contribution >= 0.6 is 0 Å². The van der Waals surface area contributed by atoms with Crippen LogP contribution in [-0.2, 0) is 23.7 Å². The van der Waals surface area contributed by atoms with Gasteiger partial charge in [-0.25, -0.2) is 0 Å². The molecule has 388 valence electrons. The molecule has 9 nitrogen and oxygen atoms in total. The first kappa shape index (κ1) is 62.6. The number of allylic oxidation sites excluding steroid dienone is 12. The Balaban J connectivity index is 2.21. The van der Waals surface area contributed by atoms with Gasteiger partial charge in [-0.15, -0.1) is 0 Å². The number of ether oxygens (including phenoxy) is 4. The Hall–Kier alpha value is -2.37. The Morgan fingerprint density at radius 3 is 1.36 bits per heavy atom. The Morgan fingerprint density at radius 1 is 0.493 bits per heavy atom. The van der Waals surface area contributed by atoms with E-state index in [1.165, 1.54) is 122 Å². The molecule has 1 rings (SSSR count). The summed E-state index contributed by atoms with van der Waals surface area (Å²) in [5.41, 5.74) is 0. The molecule has 9 heteroatoms. The van der Waals surface area contributed by atoms with Crippen molar-refractivity contribution in [2.24, 2.45) is 0 Å². The van der Waals surface area contributed by atoms with Crippen LogP contribution in [0.25, 0.3) is 0 Å². The SMILES string of the molecule is CC/C=C\C/C=C\C/C=C\C/C=C\C/C=C\C/C=C\CCCCCOCC(COC1OC(CO)C(O)C(O)C1O)OC(=O)CCCCCCCCCCCCCCCCCCCCCCCC. The average molecular weight is 943 g/mol. The highest BCUT2D eigenvalue weighted by Gasteiger charge is 2.44. The van der Waals surface area contributed by atoms with Crippen molar-refractivity contribution in [3.05, 3.63) is 72.9 Å². The molecule has 0 aromatic carbocycles. The monoisotopic (exact) mass is 943 g/mol. The van der Waals surface area contributed by atoms with E-state index in [4.69, 9.17) is 18.9 Å². The third-order valence-electron chi connectivity index (χ3n) is 12.4. The van der Waals surface area contributed by atoms with E-state index in [1.807, 2.05) is 0 Å². The Labute approximate surface area is 410 Å². The lowest BCUT2D eigenvalue weighted by atomic mass is 9.99. The highest BCUT2D eigenvalue weighted by atomic mass is 16.7. The molecule has 1 aliphatic rings. The lowest BCUT2D eigenvalue weighted by molar-refractivity contribution is -0.305. The maximum Gasteiger partial charge on any atom is 0.306 e. The summed E-state index contributed by atoms with van der Waals surface area (Å²) in [6.07, 6.45) is 58.0. The Morgan fingerprint density at radius 2 is 0.910 bits per heavy atom. The van der Waals surface area contributed by atoms with Crippen molar-refractivity contribution >= 4 is 5.97 Å². The van der Waals surface area contributed by atoms with Gasteiger partial charge in [0, 0.05) is 13.0 Å². The number of hydrogen-bond acceptors (Lipinski definition) is 9. The number of carbonyl (C=O) groups is 1. The van der Waals surface area contributed by atoms with Crippen LogP contribution in [0.5, 0.6) is 0 Å². The summed E-state index contributed by atoms with van der Waals surface area (Å²) in [6, 6.07) is 0. The van der Waals surface area contributed by atoms with Gasteiger partial charge in [-0.1, -0.05) is 228 Å². The lowest BCUT2D eigenvalue weighted by Crippen LogP contribution is -2.59. The zero-order valence-electron chi connectivity index (χ0n) is 42.9. The van der Waals surface area contributed by atoms with Crippen molar-refractivity contribution in [3.63, 3.8) is 0 Å². The summed E-state index contributed by atoms with van der Waals surface area (Å²) in [5, 5.41) is 40.3. The van der Waals surface area contributed by atoms with E-state index in [0.29, 0.717) is 13.0 Å². The van der Waals surface area contributed by atoms with Crippen molar-refractivity contribution in [1.82, 2.24) is 0 Å². The zero-order valence-corrected chi connectivity index (χ0v) is 42.9. The number of aliphatic hydroxyl groups excluding tert-OH is 4. The number of carbonyl (C=O) groups excluding carboxylic acids is 1. The second-order valence-corrected chi connectivity index (χ2v) is 18.7. The van der Waals surface area contributed by atoms with Crippen LogP contribution in [0.1, 0.15) is 226 Å². The summed E-state index contributed by atoms with van der Waals surface area (Å²) >= 11 is 0. The van der Waals surface area contributed by atoms with Gasteiger partial charge in [0.2, 0.25) is 0 Å². The van der Waals surface area contributed by atoms with E-state index >= 15 is 0 Å². The second-order valence-electron chi connectivity index (χ2n) is 18.7. The summed E-state index contributed by atoms with van der Waals surface area (Å²) in [4.78, 5) is 12.9. The average Bonchev–Trinajstić information content (AvgIpc) is 3.33. The number of rotatable bonds is 47. The number of esters is 1. The minimum absolute atomic E-state index is 0.121. The highest BCUT2D eigenvalue weighted by molar-refractivity contribution is 5.69. The maximum absolute atomic E-state index is 12.9. The fraction of sp³-hybridized carbons (Fsp3) is 0.776. The van der Waals surface area contributed by atoms with Crippen LogP contribution in [0.4, 0.5) is 0 Å². The third kappa shape index (κ3) is 39.1. The molecular formula is C58H102O9. The van der Waals surface area contributed by atoms with Gasteiger partial charge in [0.1, 0.15) is 30.5 Å². The first-order chi connectivity index (χ1) is 32.9. The summed E-state index contributed by atoms with van der Waals surface area (Å²) in [5.74, 6) is -0.324. The van der Waals surface area contributed by atoms with Crippen LogP contribution in [-0.4, -0.2) is 89.6 Å². The predicted molar refractivity (Wildman–Crippen MR) is 279 cm³/mol. The van der Waals surface area contributed by atoms with E-state index in [-0.39, 0.29) is 19.2 Å². The number of aliphatic hydroxyl groups is 4. The van der Waals surface area contributed by atoms with E-state index < -0.39 is 43.4 Å². The van der Waals surface area contributed by atoms with Crippen molar-refractivity contribution in [2.75, 3.05) is 26.4 Å². The van der Waals surface area contributed by atoms with Crippen molar-refractivity contribution in [1.29, 1.82) is 0 Å². The van der Waals surface area contributed by atoms with Gasteiger partial charge in [-0.2, -0.15) is 0 Å². The van der Waals surface area contributed by atoms with Crippen molar-refractivity contribution in [3.8, 4) is 0 Å². The van der Waals surface area contributed by atoms with Crippen LogP contribution in [0.3, 0.4) is 0 Å². The summed E-state index contributed by atoms with van der Waals surface area (Å²) in [7, 11) is 0.